The van der Waals surface area contributed by atoms with E-state index in [2.05, 4.69) is 20.8 Å². The van der Waals surface area contributed by atoms with Crippen molar-refractivity contribution in [3.05, 3.63) is 100 Å². The molecule has 3 aromatic rings. The lowest BCUT2D eigenvalue weighted by molar-refractivity contribution is -0.140. The molecule has 0 spiro atoms. The number of ether oxygens (including phenoxy) is 2. The summed E-state index contributed by atoms with van der Waals surface area (Å²) in [5.41, 5.74) is 4.01. The first-order valence-corrected chi connectivity index (χ1v) is 12.8. The summed E-state index contributed by atoms with van der Waals surface area (Å²) in [6, 6.07) is 19.8. The van der Waals surface area contributed by atoms with Crippen LogP contribution in [-0.4, -0.2) is 35.4 Å². The molecule has 0 aliphatic carbocycles. The van der Waals surface area contributed by atoms with E-state index in [1.807, 2.05) is 62.4 Å². The van der Waals surface area contributed by atoms with Gasteiger partial charge in [0.15, 0.2) is 0 Å². The molecule has 6 nitrogen and oxygen atoms in total. The van der Waals surface area contributed by atoms with E-state index in [0.717, 1.165) is 22.3 Å². The second-order valence-electron chi connectivity index (χ2n) is 10.6. The molecule has 1 atom stereocenters. The average Bonchev–Trinajstić information content (AvgIpc) is 3.14. The van der Waals surface area contributed by atoms with Crippen molar-refractivity contribution in [2.24, 2.45) is 0 Å². The number of aliphatic hydroxyl groups is 1. The predicted molar refractivity (Wildman–Crippen MR) is 148 cm³/mol. The van der Waals surface area contributed by atoms with Crippen LogP contribution in [0, 0.1) is 6.92 Å². The zero-order valence-electron chi connectivity index (χ0n) is 22.9. The summed E-state index contributed by atoms with van der Waals surface area (Å²) in [7, 11) is 1.58. The van der Waals surface area contributed by atoms with Gasteiger partial charge in [-0.1, -0.05) is 57.2 Å². The minimum absolute atomic E-state index is 0.0548. The van der Waals surface area contributed by atoms with Gasteiger partial charge in [0.2, 0.25) is 0 Å². The van der Waals surface area contributed by atoms with Crippen LogP contribution in [0.4, 0.5) is 0 Å². The highest BCUT2D eigenvalue weighted by molar-refractivity contribution is 6.46. The summed E-state index contributed by atoms with van der Waals surface area (Å²) >= 11 is 0. The Balaban J connectivity index is 1.85. The number of carbonyl (C=O) groups is 2. The van der Waals surface area contributed by atoms with E-state index < -0.39 is 17.7 Å². The molecule has 1 unspecified atom stereocenters. The maximum atomic E-state index is 13.4. The largest absolute Gasteiger partial charge is 0.507 e. The van der Waals surface area contributed by atoms with E-state index in [4.69, 9.17) is 9.47 Å². The third-order valence-electron chi connectivity index (χ3n) is 6.87. The highest BCUT2D eigenvalue weighted by Crippen LogP contribution is 2.41. The fourth-order valence-corrected chi connectivity index (χ4v) is 4.79. The third kappa shape index (κ3) is 5.30. The number of benzene rings is 3. The molecule has 0 bridgehead atoms. The minimum Gasteiger partial charge on any atom is -0.507 e. The van der Waals surface area contributed by atoms with Gasteiger partial charge in [0.1, 0.15) is 17.3 Å². The van der Waals surface area contributed by atoms with E-state index in [1.54, 1.807) is 25.3 Å². The second kappa shape index (κ2) is 10.7. The number of Topliss-reactive ketones (excluding diaryl/α,β-unsaturated/α-hetero) is 1. The number of hydrogen-bond donors (Lipinski definition) is 1. The molecule has 1 aliphatic heterocycles. The van der Waals surface area contributed by atoms with Crippen LogP contribution in [0.2, 0.25) is 0 Å². The topological polar surface area (TPSA) is 76.1 Å². The summed E-state index contributed by atoms with van der Waals surface area (Å²) in [6.45, 7) is 10.9. The first-order valence-electron chi connectivity index (χ1n) is 12.8. The Labute approximate surface area is 224 Å². The highest BCUT2D eigenvalue weighted by atomic mass is 16.5. The monoisotopic (exact) mass is 513 g/mol. The van der Waals surface area contributed by atoms with Crippen LogP contribution in [0.1, 0.15) is 61.6 Å². The number of rotatable bonds is 7. The van der Waals surface area contributed by atoms with Gasteiger partial charge in [0, 0.05) is 12.1 Å². The average molecular weight is 514 g/mol. The molecule has 1 saturated heterocycles. The minimum atomic E-state index is -0.748. The smallest absolute Gasteiger partial charge is 0.295 e. The molecule has 38 heavy (non-hydrogen) atoms. The van der Waals surface area contributed by atoms with Gasteiger partial charge in [0.25, 0.3) is 11.7 Å². The maximum Gasteiger partial charge on any atom is 0.295 e. The summed E-state index contributed by atoms with van der Waals surface area (Å²) in [4.78, 5) is 28.4. The standard InChI is InChI=1S/C32H35NO5/c1-7-38-26-16-13-23(17-20(26)2)29(34)27-28(22-11-14-24(15-12-22)32(3,4)5)33(31(36)30(27)35)19-21-9-8-10-25(18-21)37-6/h8-18,28,34H,7,19H2,1-6H3/b29-27-. The van der Waals surface area contributed by atoms with Gasteiger partial charge in [-0.2, -0.15) is 0 Å². The molecule has 1 aliphatic rings. The predicted octanol–water partition coefficient (Wildman–Crippen LogP) is 6.32. The number of amides is 1. The van der Waals surface area contributed by atoms with Crippen molar-refractivity contribution in [3.63, 3.8) is 0 Å². The van der Waals surface area contributed by atoms with Crippen LogP contribution in [-0.2, 0) is 21.5 Å². The number of methoxy groups -OCH3 is 1. The van der Waals surface area contributed by atoms with Crippen molar-refractivity contribution in [3.8, 4) is 11.5 Å². The van der Waals surface area contributed by atoms with E-state index in [0.29, 0.717) is 23.7 Å². The Bertz CT molecular complexity index is 1380. The van der Waals surface area contributed by atoms with Gasteiger partial charge in [-0.25, -0.2) is 0 Å². The Kier molecular flexibility index (Phi) is 7.63. The molecule has 4 rings (SSSR count). The Morgan fingerprint density at radius 3 is 2.32 bits per heavy atom. The highest BCUT2D eigenvalue weighted by Gasteiger charge is 2.46. The van der Waals surface area contributed by atoms with Crippen LogP contribution >= 0.6 is 0 Å². The zero-order chi connectivity index (χ0) is 27.6. The van der Waals surface area contributed by atoms with Gasteiger partial charge in [-0.05, 0) is 71.8 Å². The fraction of sp³-hybridized carbons (Fsp3) is 0.312. The van der Waals surface area contributed by atoms with Crippen LogP contribution in [0.15, 0.2) is 72.3 Å². The molecule has 0 radical (unpaired) electrons. The molecule has 1 N–H and O–H groups in total. The van der Waals surface area contributed by atoms with Crippen molar-refractivity contribution in [1.82, 2.24) is 4.90 Å². The summed E-state index contributed by atoms with van der Waals surface area (Å²) < 4.78 is 11.0. The number of aryl methyl sites for hydroxylation is 1. The fourth-order valence-electron chi connectivity index (χ4n) is 4.79. The van der Waals surface area contributed by atoms with Gasteiger partial charge in [-0.3, -0.25) is 9.59 Å². The SMILES string of the molecule is CCOc1ccc(/C(O)=C2/C(=O)C(=O)N(Cc3cccc(OC)c3)C2c2ccc(C(C)(C)C)cc2)cc1C. The van der Waals surface area contributed by atoms with Gasteiger partial charge in [-0.15, -0.1) is 0 Å². The van der Waals surface area contributed by atoms with Gasteiger partial charge in [0.05, 0.1) is 25.3 Å². The second-order valence-corrected chi connectivity index (χ2v) is 10.6. The third-order valence-corrected chi connectivity index (χ3v) is 6.87. The van der Waals surface area contributed by atoms with Crippen LogP contribution in [0.25, 0.3) is 5.76 Å². The molecule has 3 aromatic carbocycles. The van der Waals surface area contributed by atoms with Crippen LogP contribution in [0.3, 0.4) is 0 Å². The molecule has 0 saturated carbocycles. The van der Waals surface area contributed by atoms with Gasteiger partial charge >= 0.3 is 0 Å². The first kappa shape index (κ1) is 27.0. The van der Waals surface area contributed by atoms with E-state index in [-0.39, 0.29) is 23.3 Å². The van der Waals surface area contributed by atoms with Crippen molar-refractivity contribution < 1.29 is 24.2 Å². The molecule has 0 aromatic heterocycles. The number of likely N-dealkylation sites (tertiary alicyclic amines) is 1. The zero-order valence-corrected chi connectivity index (χ0v) is 22.9. The van der Waals surface area contributed by atoms with Crippen molar-refractivity contribution in [1.29, 1.82) is 0 Å². The van der Waals surface area contributed by atoms with Crippen molar-refractivity contribution in [2.75, 3.05) is 13.7 Å². The molecule has 6 heteroatoms. The maximum absolute atomic E-state index is 13.4. The van der Waals surface area contributed by atoms with E-state index in [1.165, 1.54) is 4.90 Å². The van der Waals surface area contributed by atoms with Gasteiger partial charge < -0.3 is 19.5 Å². The number of ketones is 1. The molecular formula is C32H35NO5. The Hall–Kier alpha value is -4.06. The van der Waals surface area contributed by atoms with E-state index in [9.17, 15) is 14.7 Å². The number of hydrogen-bond acceptors (Lipinski definition) is 5. The summed E-state index contributed by atoms with van der Waals surface area (Å²) in [5, 5.41) is 11.5. The Morgan fingerprint density at radius 1 is 1.00 bits per heavy atom. The quantitative estimate of drug-likeness (QED) is 0.227. The lowest BCUT2D eigenvalue weighted by Crippen LogP contribution is -2.29. The summed E-state index contributed by atoms with van der Waals surface area (Å²) in [6.07, 6.45) is 0. The molecule has 1 heterocycles. The van der Waals surface area contributed by atoms with Crippen LogP contribution < -0.4 is 9.47 Å². The van der Waals surface area contributed by atoms with Crippen molar-refractivity contribution in [2.45, 2.75) is 52.6 Å². The number of aliphatic hydroxyl groups excluding tert-OH is 1. The summed E-state index contributed by atoms with van der Waals surface area (Å²) in [5.74, 6) is -0.192. The normalized spacial score (nSPS) is 17.1. The number of nitrogens with zero attached hydrogens (tertiary/aromatic N) is 1. The Morgan fingerprint density at radius 2 is 1.71 bits per heavy atom. The molecule has 1 fully saturated rings. The van der Waals surface area contributed by atoms with Crippen LogP contribution in [0.5, 0.6) is 11.5 Å². The molecule has 198 valence electrons. The van der Waals surface area contributed by atoms with Crippen molar-refractivity contribution >= 4 is 17.4 Å². The molecular weight excluding hydrogens is 478 g/mol. The lowest BCUT2D eigenvalue weighted by atomic mass is 9.85. The lowest BCUT2D eigenvalue weighted by Gasteiger charge is -2.27. The number of carbonyl (C=O) groups excluding carboxylic acids is 2. The first-order chi connectivity index (χ1) is 18.0. The molecule has 1 amide bonds. The van der Waals surface area contributed by atoms with E-state index >= 15 is 0 Å².